The fraction of sp³-hybridized carbons (Fsp3) is 0.222. The minimum Gasteiger partial charge on any atom is -0.490 e. The SMILES string of the molecule is N/C(CCOc1c(Cl)cc(Cl)cc1Cl)=N\O. The maximum atomic E-state index is 8.32. The molecule has 0 radical (unpaired) electrons. The molecule has 3 N–H and O–H groups in total. The molecule has 16 heavy (non-hydrogen) atoms. The van der Waals surface area contributed by atoms with Crippen LogP contribution in [0.15, 0.2) is 17.3 Å². The van der Waals surface area contributed by atoms with Crippen LogP contribution in [0.5, 0.6) is 5.75 Å². The van der Waals surface area contributed by atoms with E-state index in [9.17, 15) is 0 Å². The highest BCUT2D eigenvalue weighted by Gasteiger charge is 2.09. The highest BCUT2D eigenvalue weighted by Crippen LogP contribution is 2.35. The van der Waals surface area contributed by atoms with Crippen LogP contribution >= 0.6 is 34.8 Å². The van der Waals surface area contributed by atoms with Crippen LogP contribution in [0.4, 0.5) is 0 Å². The van der Waals surface area contributed by atoms with E-state index in [2.05, 4.69) is 5.16 Å². The summed E-state index contributed by atoms with van der Waals surface area (Å²) in [7, 11) is 0. The number of oxime groups is 1. The third-order valence-corrected chi connectivity index (χ3v) is 2.48. The van der Waals surface area contributed by atoms with Crippen molar-refractivity contribution < 1.29 is 9.94 Å². The summed E-state index contributed by atoms with van der Waals surface area (Å²) in [5.41, 5.74) is 5.27. The quantitative estimate of drug-likeness (QED) is 0.386. The van der Waals surface area contributed by atoms with Gasteiger partial charge in [0.1, 0.15) is 5.84 Å². The first-order chi connectivity index (χ1) is 7.54. The van der Waals surface area contributed by atoms with Crippen LogP contribution in [0.25, 0.3) is 0 Å². The molecule has 0 aromatic heterocycles. The molecular formula is C9H9Cl3N2O2. The molecule has 4 nitrogen and oxygen atoms in total. The molecule has 0 bridgehead atoms. The number of hydrogen-bond donors (Lipinski definition) is 2. The summed E-state index contributed by atoms with van der Waals surface area (Å²) in [6.45, 7) is 0.205. The molecular weight excluding hydrogens is 274 g/mol. The van der Waals surface area contributed by atoms with Crippen LogP contribution in [0.1, 0.15) is 6.42 Å². The largest absolute Gasteiger partial charge is 0.490 e. The summed E-state index contributed by atoms with van der Waals surface area (Å²) in [4.78, 5) is 0. The second-order valence-electron chi connectivity index (χ2n) is 2.89. The van der Waals surface area contributed by atoms with Gasteiger partial charge >= 0.3 is 0 Å². The van der Waals surface area contributed by atoms with Gasteiger partial charge in [0.2, 0.25) is 0 Å². The Morgan fingerprint density at radius 1 is 1.31 bits per heavy atom. The fourth-order valence-corrected chi connectivity index (χ4v) is 1.90. The Labute approximate surface area is 108 Å². The number of benzene rings is 1. The Morgan fingerprint density at radius 3 is 2.38 bits per heavy atom. The van der Waals surface area contributed by atoms with Crippen molar-refractivity contribution in [2.24, 2.45) is 10.9 Å². The summed E-state index contributed by atoms with van der Waals surface area (Å²) in [5, 5.41) is 12.2. The van der Waals surface area contributed by atoms with Gasteiger partial charge in [-0.3, -0.25) is 0 Å². The monoisotopic (exact) mass is 282 g/mol. The molecule has 0 heterocycles. The van der Waals surface area contributed by atoms with E-state index >= 15 is 0 Å². The number of rotatable bonds is 4. The molecule has 0 atom stereocenters. The van der Waals surface area contributed by atoms with Crippen molar-refractivity contribution in [3.63, 3.8) is 0 Å². The predicted molar refractivity (Wildman–Crippen MR) is 65.0 cm³/mol. The lowest BCUT2D eigenvalue weighted by Gasteiger charge is -2.09. The topological polar surface area (TPSA) is 67.8 Å². The van der Waals surface area contributed by atoms with Gasteiger partial charge in [-0.1, -0.05) is 40.0 Å². The lowest BCUT2D eigenvalue weighted by Crippen LogP contribution is -2.15. The van der Waals surface area contributed by atoms with Gasteiger partial charge in [0.25, 0.3) is 0 Å². The second-order valence-corrected chi connectivity index (χ2v) is 4.14. The molecule has 0 saturated heterocycles. The second kappa shape index (κ2) is 6.03. The van der Waals surface area contributed by atoms with Crippen LogP contribution in [0.3, 0.4) is 0 Å². The van der Waals surface area contributed by atoms with Gasteiger partial charge in [-0.05, 0) is 12.1 Å². The standard InChI is InChI=1S/C9H9Cl3N2O2/c10-5-3-6(11)9(7(12)4-5)16-2-1-8(13)14-15/h3-4,15H,1-2H2,(H2,13,14). The van der Waals surface area contributed by atoms with E-state index in [0.717, 1.165) is 0 Å². The Morgan fingerprint density at radius 2 is 1.88 bits per heavy atom. The minimum atomic E-state index is 0.0706. The number of nitrogens with two attached hydrogens (primary N) is 1. The van der Waals surface area contributed by atoms with Gasteiger partial charge in [0.15, 0.2) is 5.75 Å². The molecule has 0 aliphatic heterocycles. The van der Waals surface area contributed by atoms with Gasteiger partial charge in [0.05, 0.1) is 16.7 Å². The molecule has 1 aromatic carbocycles. The lowest BCUT2D eigenvalue weighted by atomic mass is 10.3. The van der Waals surface area contributed by atoms with E-state index in [-0.39, 0.29) is 18.9 Å². The van der Waals surface area contributed by atoms with Crippen LogP contribution in [-0.4, -0.2) is 17.6 Å². The van der Waals surface area contributed by atoms with E-state index in [1.165, 1.54) is 12.1 Å². The van der Waals surface area contributed by atoms with Crippen molar-refractivity contribution in [2.45, 2.75) is 6.42 Å². The number of nitrogens with zero attached hydrogens (tertiary/aromatic N) is 1. The van der Waals surface area contributed by atoms with Crippen LogP contribution in [0, 0.1) is 0 Å². The van der Waals surface area contributed by atoms with Crippen molar-refractivity contribution in [1.82, 2.24) is 0 Å². The van der Waals surface area contributed by atoms with Gasteiger partial charge in [-0.15, -0.1) is 0 Å². The minimum absolute atomic E-state index is 0.0706. The van der Waals surface area contributed by atoms with E-state index in [4.69, 9.17) is 50.5 Å². The Kier molecular flexibility index (Phi) is 4.99. The van der Waals surface area contributed by atoms with Gasteiger partial charge in [0, 0.05) is 11.4 Å². The average Bonchev–Trinajstić information content (AvgIpc) is 2.21. The third kappa shape index (κ3) is 3.63. The molecule has 0 aliphatic carbocycles. The molecule has 7 heteroatoms. The van der Waals surface area contributed by atoms with Crippen molar-refractivity contribution in [3.05, 3.63) is 27.2 Å². The van der Waals surface area contributed by atoms with E-state index in [1.54, 1.807) is 0 Å². The number of hydrogen-bond acceptors (Lipinski definition) is 3. The number of halogens is 3. The van der Waals surface area contributed by atoms with Crippen LogP contribution in [-0.2, 0) is 0 Å². The average molecular weight is 284 g/mol. The smallest absolute Gasteiger partial charge is 0.156 e. The molecule has 0 saturated carbocycles. The van der Waals surface area contributed by atoms with Crippen molar-refractivity contribution in [1.29, 1.82) is 0 Å². The van der Waals surface area contributed by atoms with Crippen molar-refractivity contribution >= 4 is 40.6 Å². The summed E-state index contributed by atoms with van der Waals surface area (Å²) < 4.78 is 5.30. The van der Waals surface area contributed by atoms with E-state index in [1.807, 2.05) is 0 Å². The predicted octanol–water partition coefficient (Wildman–Crippen LogP) is 3.16. The Hall–Kier alpha value is -0.840. The van der Waals surface area contributed by atoms with Gasteiger partial charge in [-0.25, -0.2) is 0 Å². The molecule has 1 rings (SSSR count). The summed E-state index contributed by atoms with van der Waals surface area (Å²) >= 11 is 17.5. The van der Waals surface area contributed by atoms with Crippen LogP contribution in [0.2, 0.25) is 15.1 Å². The molecule has 0 fully saturated rings. The fourth-order valence-electron chi connectivity index (χ4n) is 0.975. The van der Waals surface area contributed by atoms with E-state index in [0.29, 0.717) is 20.8 Å². The Bertz CT molecular complexity index is 387. The maximum Gasteiger partial charge on any atom is 0.156 e. The summed E-state index contributed by atoms with van der Waals surface area (Å²) in [5.74, 6) is 0.402. The normalized spacial score (nSPS) is 11.6. The first-order valence-electron chi connectivity index (χ1n) is 4.28. The first-order valence-corrected chi connectivity index (χ1v) is 5.41. The molecule has 0 unspecified atom stereocenters. The van der Waals surface area contributed by atoms with Crippen molar-refractivity contribution in [2.75, 3.05) is 6.61 Å². The zero-order valence-electron chi connectivity index (χ0n) is 8.08. The Balaban J connectivity index is 2.67. The summed E-state index contributed by atoms with van der Waals surface area (Å²) in [6.07, 6.45) is 0.270. The van der Waals surface area contributed by atoms with Gasteiger partial charge in [-0.2, -0.15) is 0 Å². The molecule has 0 spiro atoms. The highest BCUT2D eigenvalue weighted by molar-refractivity contribution is 6.40. The first kappa shape index (κ1) is 13.2. The highest BCUT2D eigenvalue weighted by atomic mass is 35.5. The third-order valence-electron chi connectivity index (χ3n) is 1.70. The molecule has 0 aliphatic rings. The zero-order chi connectivity index (χ0) is 12.1. The number of amidine groups is 1. The zero-order valence-corrected chi connectivity index (χ0v) is 10.4. The van der Waals surface area contributed by atoms with Crippen molar-refractivity contribution in [3.8, 4) is 5.75 Å². The lowest BCUT2D eigenvalue weighted by molar-refractivity contribution is 0.306. The number of ether oxygens (including phenoxy) is 1. The summed E-state index contributed by atoms with van der Waals surface area (Å²) in [6, 6.07) is 3.04. The van der Waals surface area contributed by atoms with Gasteiger partial charge < -0.3 is 15.7 Å². The van der Waals surface area contributed by atoms with Crippen LogP contribution < -0.4 is 10.5 Å². The molecule has 1 aromatic rings. The molecule has 88 valence electrons. The van der Waals surface area contributed by atoms with E-state index < -0.39 is 0 Å². The molecule has 0 amide bonds. The maximum absolute atomic E-state index is 8.32.